The molecule has 0 aliphatic rings. The maximum absolute atomic E-state index is 12.3. The van der Waals surface area contributed by atoms with Crippen molar-refractivity contribution in [2.45, 2.75) is 26.3 Å². The maximum atomic E-state index is 12.3. The van der Waals surface area contributed by atoms with Gasteiger partial charge in [0.15, 0.2) is 0 Å². The van der Waals surface area contributed by atoms with Crippen LogP contribution in [0.4, 0.5) is 5.69 Å². The number of rotatable bonds is 5. The van der Waals surface area contributed by atoms with Crippen LogP contribution in [-0.2, 0) is 11.3 Å². The Morgan fingerprint density at radius 1 is 1.12 bits per heavy atom. The van der Waals surface area contributed by atoms with Crippen LogP contribution in [0, 0.1) is 0 Å². The molecule has 1 amide bonds. The van der Waals surface area contributed by atoms with Crippen LogP contribution in [0.1, 0.15) is 25.3 Å². The molecule has 0 radical (unpaired) electrons. The molecular formula is C20H20N4O2. The minimum absolute atomic E-state index is 0.154. The molecule has 0 aliphatic carbocycles. The molecule has 6 heteroatoms. The van der Waals surface area contributed by atoms with Crippen molar-refractivity contribution >= 4 is 11.6 Å². The number of carbonyl (C=O) groups excluding carboxylic acids is 1. The molecule has 3 aromatic rings. The molecule has 0 saturated heterocycles. The van der Waals surface area contributed by atoms with Gasteiger partial charge in [0.05, 0.1) is 5.69 Å². The lowest BCUT2D eigenvalue weighted by Gasteiger charge is -2.10. The van der Waals surface area contributed by atoms with Crippen molar-refractivity contribution in [3.05, 3.63) is 76.8 Å². The molecule has 1 aromatic carbocycles. The lowest BCUT2D eigenvalue weighted by Crippen LogP contribution is -2.29. The lowest BCUT2D eigenvalue weighted by atomic mass is 10.0. The van der Waals surface area contributed by atoms with Crippen molar-refractivity contribution in [2.75, 3.05) is 5.32 Å². The van der Waals surface area contributed by atoms with Gasteiger partial charge in [0.25, 0.3) is 5.56 Å². The number of anilines is 1. The Morgan fingerprint density at radius 3 is 2.54 bits per heavy atom. The molecule has 26 heavy (non-hydrogen) atoms. The fourth-order valence-corrected chi connectivity index (χ4v) is 2.52. The summed E-state index contributed by atoms with van der Waals surface area (Å²) >= 11 is 0. The van der Waals surface area contributed by atoms with Crippen molar-refractivity contribution in [3.63, 3.8) is 0 Å². The second-order valence-corrected chi connectivity index (χ2v) is 6.28. The van der Waals surface area contributed by atoms with Crippen LogP contribution in [0.15, 0.2) is 65.7 Å². The lowest BCUT2D eigenvalue weighted by molar-refractivity contribution is -0.117. The number of hydrogen-bond acceptors (Lipinski definition) is 4. The minimum Gasteiger partial charge on any atom is -0.324 e. The van der Waals surface area contributed by atoms with Crippen LogP contribution in [0.25, 0.3) is 11.3 Å². The molecular weight excluding hydrogens is 328 g/mol. The zero-order valence-electron chi connectivity index (χ0n) is 14.7. The molecule has 0 saturated carbocycles. The molecule has 0 fully saturated rings. The van der Waals surface area contributed by atoms with Crippen molar-refractivity contribution in [1.29, 1.82) is 0 Å². The predicted octanol–water partition coefficient (Wildman–Crippen LogP) is 3.07. The molecule has 132 valence electrons. The number of pyridine rings is 1. The molecule has 2 aromatic heterocycles. The Bertz CT molecular complexity index is 948. The minimum atomic E-state index is -0.331. The highest BCUT2D eigenvalue weighted by atomic mass is 16.2. The summed E-state index contributed by atoms with van der Waals surface area (Å²) in [6.07, 6.45) is 3.32. The molecule has 1 N–H and O–H groups in total. The van der Waals surface area contributed by atoms with Gasteiger partial charge in [-0.25, -0.2) is 4.68 Å². The third-order valence-corrected chi connectivity index (χ3v) is 3.98. The van der Waals surface area contributed by atoms with Crippen LogP contribution in [0.5, 0.6) is 0 Å². The summed E-state index contributed by atoms with van der Waals surface area (Å²) in [5.41, 5.74) is 2.93. The van der Waals surface area contributed by atoms with Gasteiger partial charge in [0.1, 0.15) is 6.54 Å². The zero-order valence-corrected chi connectivity index (χ0v) is 14.7. The SMILES string of the molecule is CC(C)c1ccc(NC(=O)Cn2nc(-c3cccnc3)ccc2=O)cc1. The van der Waals surface area contributed by atoms with Crippen LogP contribution >= 0.6 is 0 Å². The molecule has 0 aliphatic heterocycles. The van der Waals surface area contributed by atoms with Crippen LogP contribution < -0.4 is 10.9 Å². The first kappa shape index (κ1) is 17.5. The summed E-state index contributed by atoms with van der Waals surface area (Å²) < 4.78 is 1.15. The highest BCUT2D eigenvalue weighted by molar-refractivity contribution is 5.90. The van der Waals surface area contributed by atoms with E-state index >= 15 is 0 Å². The van der Waals surface area contributed by atoms with Crippen molar-refractivity contribution in [1.82, 2.24) is 14.8 Å². The van der Waals surface area contributed by atoms with Gasteiger partial charge >= 0.3 is 0 Å². The van der Waals surface area contributed by atoms with Crippen molar-refractivity contribution in [2.24, 2.45) is 0 Å². The first-order chi connectivity index (χ1) is 12.5. The quantitative estimate of drug-likeness (QED) is 0.769. The largest absolute Gasteiger partial charge is 0.324 e. The average molecular weight is 348 g/mol. The predicted molar refractivity (Wildman–Crippen MR) is 101 cm³/mol. The van der Waals surface area contributed by atoms with Crippen molar-refractivity contribution in [3.8, 4) is 11.3 Å². The zero-order chi connectivity index (χ0) is 18.5. The van der Waals surface area contributed by atoms with E-state index in [2.05, 4.69) is 29.2 Å². The Morgan fingerprint density at radius 2 is 1.88 bits per heavy atom. The van der Waals surface area contributed by atoms with Gasteiger partial charge in [-0.3, -0.25) is 14.6 Å². The number of carbonyl (C=O) groups is 1. The summed E-state index contributed by atoms with van der Waals surface area (Å²) in [6.45, 7) is 4.07. The highest BCUT2D eigenvalue weighted by Gasteiger charge is 2.09. The van der Waals surface area contributed by atoms with Gasteiger partial charge in [-0.2, -0.15) is 5.10 Å². The fourth-order valence-electron chi connectivity index (χ4n) is 2.52. The Hall–Kier alpha value is -3.28. The fraction of sp³-hybridized carbons (Fsp3) is 0.200. The summed E-state index contributed by atoms with van der Waals surface area (Å²) in [5, 5.41) is 7.06. The van der Waals surface area contributed by atoms with Gasteiger partial charge in [-0.1, -0.05) is 26.0 Å². The molecule has 0 bridgehead atoms. The number of nitrogens with one attached hydrogen (secondary N) is 1. The number of amides is 1. The number of benzene rings is 1. The number of aromatic nitrogens is 3. The second kappa shape index (κ2) is 7.74. The monoisotopic (exact) mass is 348 g/mol. The van der Waals surface area contributed by atoms with E-state index in [0.29, 0.717) is 17.3 Å². The maximum Gasteiger partial charge on any atom is 0.267 e. The molecule has 0 unspecified atom stereocenters. The van der Waals surface area contributed by atoms with E-state index in [1.807, 2.05) is 30.3 Å². The normalized spacial score (nSPS) is 10.7. The second-order valence-electron chi connectivity index (χ2n) is 6.28. The summed E-state index contributed by atoms with van der Waals surface area (Å²) in [4.78, 5) is 28.3. The first-order valence-electron chi connectivity index (χ1n) is 8.41. The Labute approximate surface area is 151 Å². The molecule has 3 rings (SSSR count). The van der Waals surface area contributed by atoms with Gasteiger partial charge in [0, 0.05) is 29.7 Å². The topological polar surface area (TPSA) is 76.9 Å². The van der Waals surface area contributed by atoms with Gasteiger partial charge in [0.2, 0.25) is 5.91 Å². The van der Waals surface area contributed by atoms with Crippen LogP contribution in [-0.4, -0.2) is 20.7 Å². The smallest absolute Gasteiger partial charge is 0.267 e. The molecule has 2 heterocycles. The third kappa shape index (κ3) is 4.22. The standard InChI is InChI=1S/C20H20N4O2/c1-14(2)15-5-7-17(8-6-15)22-19(25)13-24-20(26)10-9-18(23-24)16-4-3-11-21-12-16/h3-12,14H,13H2,1-2H3,(H,22,25). The Balaban J connectivity index is 1.74. The summed E-state index contributed by atoms with van der Waals surface area (Å²) in [5.74, 6) is 0.123. The molecule has 0 spiro atoms. The van der Waals surface area contributed by atoms with Crippen LogP contribution in [0.2, 0.25) is 0 Å². The van der Waals surface area contributed by atoms with E-state index in [1.54, 1.807) is 24.5 Å². The van der Waals surface area contributed by atoms with E-state index in [-0.39, 0.29) is 18.0 Å². The molecule has 0 atom stereocenters. The Kier molecular flexibility index (Phi) is 5.22. The van der Waals surface area contributed by atoms with Gasteiger partial charge in [-0.05, 0) is 41.8 Å². The van der Waals surface area contributed by atoms with E-state index in [0.717, 1.165) is 10.2 Å². The summed E-state index contributed by atoms with van der Waals surface area (Å²) in [6, 6.07) is 14.3. The van der Waals surface area contributed by atoms with E-state index < -0.39 is 0 Å². The van der Waals surface area contributed by atoms with E-state index in [4.69, 9.17) is 0 Å². The average Bonchev–Trinajstić information content (AvgIpc) is 2.64. The highest BCUT2D eigenvalue weighted by Crippen LogP contribution is 2.17. The number of hydrogen-bond donors (Lipinski definition) is 1. The first-order valence-corrected chi connectivity index (χ1v) is 8.41. The van der Waals surface area contributed by atoms with E-state index in [1.165, 1.54) is 11.6 Å². The molecule has 6 nitrogen and oxygen atoms in total. The van der Waals surface area contributed by atoms with Gasteiger partial charge in [-0.15, -0.1) is 0 Å². The summed E-state index contributed by atoms with van der Waals surface area (Å²) in [7, 11) is 0. The van der Waals surface area contributed by atoms with Gasteiger partial charge < -0.3 is 5.32 Å². The van der Waals surface area contributed by atoms with Crippen LogP contribution in [0.3, 0.4) is 0 Å². The van der Waals surface area contributed by atoms with Crippen molar-refractivity contribution < 1.29 is 4.79 Å². The van der Waals surface area contributed by atoms with E-state index in [9.17, 15) is 9.59 Å². The number of nitrogens with zero attached hydrogens (tertiary/aromatic N) is 3. The third-order valence-electron chi connectivity index (χ3n) is 3.98.